The molecule has 4 heteroatoms. The number of carbonyl (C=O) groups excluding carboxylic acids is 1. The molecule has 3 aliphatic carbocycles. The number of primary amides is 1. The van der Waals surface area contributed by atoms with Gasteiger partial charge in [-0.05, 0) is 43.9 Å². The van der Waals surface area contributed by atoms with Crippen molar-refractivity contribution in [1.82, 2.24) is 0 Å². The molecule has 4 nitrogen and oxygen atoms in total. The Hall–Kier alpha value is -1.06. The third-order valence-corrected chi connectivity index (χ3v) is 4.40. The summed E-state index contributed by atoms with van der Waals surface area (Å²) in [6, 6.07) is 0. The lowest BCUT2D eigenvalue weighted by molar-refractivity contribution is -0.159. The summed E-state index contributed by atoms with van der Waals surface area (Å²) in [5, 5.41) is 9.19. The molecular weight excluding hydrogens is 194 g/mol. The second-order valence-electron chi connectivity index (χ2n) is 5.23. The van der Waals surface area contributed by atoms with Crippen LogP contribution in [0.25, 0.3) is 0 Å². The summed E-state index contributed by atoms with van der Waals surface area (Å²) in [5.74, 6) is -0.908. The summed E-state index contributed by atoms with van der Waals surface area (Å²) in [7, 11) is 0. The molecule has 0 aromatic rings. The molecule has 2 bridgehead atoms. The highest BCUT2D eigenvalue weighted by Gasteiger charge is 2.52. The van der Waals surface area contributed by atoms with E-state index in [2.05, 4.69) is 0 Å². The van der Waals surface area contributed by atoms with Gasteiger partial charge in [0, 0.05) is 6.42 Å². The lowest BCUT2D eigenvalue weighted by atomic mass is 9.53. The smallest absolute Gasteiger partial charge is 0.309 e. The minimum absolute atomic E-state index is 0.0308. The number of amides is 1. The van der Waals surface area contributed by atoms with Crippen LogP contribution in [-0.4, -0.2) is 17.0 Å². The van der Waals surface area contributed by atoms with Crippen molar-refractivity contribution >= 4 is 11.9 Å². The molecule has 0 unspecified atom stereocenters. The largest absolute Gasteiger partial charge is 0.481 e. The molecule has 3 aliphatic rings. The van der Waals surface area contributed by atoms with Gasteiger partial charge < -0.3 is 10.8 Å². The molecule has 0 aromatic carbocycles. The topological polar surface area (TPSA) is 80.4 Å². The lowest BCUT2D eigenvalue weighted by Gasteiger charge is -2.51. The van der Waals surface area contributed by atoms with Gasteiger partial charge in [-0.2, -0.15) is 0 Å². The van der Waals surface area contributed by atoms with E-state index in [0.29, 0.717) is 6.42 Å². The molecule has 3 saturated carbocycles. The second-order valence-corrected chi connectivity index (χ2v) is 5.23. The number of nitrogens with two attached hydrogens (primary N) is 1. The summed E-state index contributed by atoms with van der Waals surface area (Å²) >= 11 is 0. The second kappa shape index (κ2) is 3.22. The first-order valence-corrected chi connectivity index (χ1v) is 5.50. The summed E-state index contributed by atoms with van der Waals surface area (Å²) in [6.07, 6.45) is 5.14. The summed E-state index contributed by atoms with van der Waals surface area (Å²) in [4.78, 5) is 22.1. The number of carboxylic acids is 1. The number of carboxylic acid groups (broad SMARTS) is 1. The van der Waals surface area contributed by atoms with Crippen molar-refractivity contribution in [2.75, 3.05) is 0 Å². The van der Waals surface area contributed by atoms with Gasteiger partial charge in [0.05, 0.1) is 5.41 Å². The summed E-state index contributed by atoms with van der Waals surface area (Å²) in [6.45, 7) is 0. The first-order valence-electron chi connectivity index (χ1n) is 5.50. The maximum Gasteiger partial charge on any atom is 0.309 e. The monoisotopic (exact) mass is 211 g/mol. The SMILES string of the molecule is NC(=O)CC12CCC(C(=O)O)(CC1)CC2. The van der Waals surface area contributed by atoms with E-state index in [4.69, 9.17) is 5.73 Å². The Kier molecular flexibility index (Phi) is 2.24. The number of hydrogen-bond donors (Lipinski definition) is 2. The van der Waals surface area contributed by atoms with Crippen LogP contribution in [0.2, 0.25) is 0 Å². The molecule has 0 spiro atoms. The van der Waals surface area contributed by atoms with Crippen LogP contribution in [0.3, 0.4) is 0 Å². The van der Waals surface area contributed by atoms with Gasteiger partial charge in [0.15, 0.2) is 0 Å². The van der Waals surface area contributed by atoms with Gasteiger partial charge in [-0.1, -0.05) is 0 Å². The van der Waals surface area contributed by atoms with Crippen molar-refractivity contribution in [3.05, 3.63) is 0 Å². The molecule has 0 saturated heterocycles. The van der Waals surface area contributed by atoms with Gasteiger partial charge in [-0.15, -0.1) is 0 Å². The predicted octanol–water partition coefficient (Wildman–Crippen LogP) is 1.29. The fourth-order valence-electron chi connectivity index (χ4n) is 3.22. The molecule has 3 fully saturated rings. The maximum absolute atomic E-state index is 11.2. The van der Waals surface area contributed by atoms with Crippen molar-refractivity contribution in [2.45, 2.75) is 44.9 Å². The van der Waals surface area contributed by atoms with Gasteiger partial charge in [0.25, 0.3) is 0 Å². The fraction of sp³-hybridized carbons (Fsp3) is 0.818. The molecule has 3 rings (SSSR count). The average molecular weight is 211 g/mol. The van der Waals surface area contributed by atoms with Crippen molar-refractivity contribution in [3.63, 3.8) is 0 Å². The van der Waals surface area contributed by atoms with Gasteiger partial charge in [-0.3, -0.25) is 9.59 Å². The van der Waals surface area contributed by atoms with Crippen molar-refractivity contribution in [1.29, 1.82) is 0 Å². The highest BCUT2D eigenvalue weighted by Crippen LogP contribution is 2.58. The fourth-order valence-corrected chi connectivity index (χ4v) is 3.22. The Morgan fingerprint density at radius 1 is 1.07 bits per heavy atom. The molecular formula is C11H17NO3. The van der Waals surface area contributed by atoms with Crippen molar-refractivity contribution in [3.8, 4) is 0 Å². The van der Waals surface area contributed by atoms with Crippen LogP contribution in [0, 0.1) is 10.8 Å². The summed E-state index contributed by atoms with van der Waals surface area (Å²) in [5.41, 5.74) is 4.78. The molecule has 0 aliphatic heterocycles. The van der Waals surface area contributed by atoms with E-state index >= 15 is 0 Å². The zero-order valence-corrected chi connectivity index (χ0v) is 8.79. The minimum Gasteiger partial charge on any atom is -0.481 e. The van der Waals surface area contributed by atoms with E-state index < -0.39 is 11.4 Å². The zero-order chi connectivity index (χ0) is 11.1. The Bertz CT molecular complexity index is 286. The standard InChI is InChI=1S/C11H17NO3/c12-8(13)7-10-1-4-11(5-2-10,6-3-10)9(14)15/h1-7H2,(H2,12,13)(H,14,15). The van der Waals surface area contributed by atoms with E-state index in [1.54, 1.807) is 0 Å². The van der Waals surface area contributed by atoms with Gasteiger partial charge in [0.2, 0.25) is 5.91 Å². The molecule has 15 heavy (non-hydrogen) atoms. The molecule has 1 amide bonds. The van der Waals surface area contributed by atoms with E-state index in [1.165, 1.54) is 0 Å². The van der Waals surface area contributed by atoms with Crippen LogP contribution in [-0.2, 0) is 9.59 Å². The Labute approximate surface area is 88.8 Å². The molecule has 84 valence electrons. The Morgan fingerprint density at radius 2 is 1.53 bits per heavy atom. The van der Waals surface area contributed by atoms with Gasteiger partial charge in [-0.25, -0.2) is 0 Å². The number of fused-ring (bicyclic) bond motifs is 3. The normalized spacial score (nSPS) is 38.9. The zero-order valence-electron chi connectivity index (χ0n) is 8.79. The third-order valence-electron chi connectivity index (χ3n) is 4.40. The lowest BCUT2D eigenvalue weighted by Crippen LogP contribution is -2.47. The quantitative estimate of drug-likeness (QED) is 0.738. The average Bonchev–Trinajstić information content (AvgIpc) is 2.18. The molecule has 0 heterocycles. The first-order chi connectivity index (χ1) is 6.98. The van der Waals surface area contributed by atoms with Gasteiger partial charge in [0.1, 0.15) is 0 Å². The van der Waals surface area contributed by atoms with Crippen LogP contribution in [0.5, 0.6) is 0 Å². The maximum atomic E-state index is 11.2. The molecule has 3 N–H and O–H groups in total. The number of hydrogen-bond acceptors (Lipinski definition) is 2. The number of rotatable bonds is 3. The van der Waals surface area contributed by atoms with E-state index in [1.807, 2.05) is 0 Å². The van der Waals surface area contributed by atoms with Crippen LogP contribution >= 0.6 is 0 Å². The van der Waals surface area contributed by atoms with E-state index in [-0.39, 0.29) is 11.3 Å². The first kappa shape index (κ1) is 10.5. The third kappa shape index (κ3) is 1.62. The summed E-state index contributed by atoms with van der Waals surface area (Å²) < 4.78 is 0. The van der Waals surface area contributed by atoms with E-state index in [0.717, 1.165) is 38.5 Å². The Balaban J connectivity index is 2.10. The molecule has 0 atom stereocenters. The molecule has 0 radical (unpaired) electrons. The molecule has 0 aromatic heterocycles. The van der Waals surface area contributed by atoms with Crippen LogP contribution < -0.4 is 5.73 Å². The Morgan fingerprint density at radius 3 is 1.87 bits per heavy atom. The highest BCUT2D eigenvalue weighted by molar-refractivity contribution is 5.76. The van der Waals surface area contributed by atoms with Crippen LogP contribution in [0.15, 0.2) is 0 Å². The van der Waals surface area contributed by atoms with Crippen molar-refractivity contribution in [2.24, 2.45) is 16.6 Å². The van der Waals surface area contributed by atoms with Crippen LogP contribution in [0.1, 0.15) is 44.9 Å². The van der Waals surface area contributed by atoms with E-state index in [9.17, 15) is 14.7 Å². The van der Waals surface area contributed by atoms with Crippen LogP contribution in [0.4, 0.5) is 0 Å². The predicted molar refractivity (Wildman–Crippen MR) is 54.0 cm³/mol. The number of aliphatic carboxylic acids is 1. The number of carbonyl (C=O) groups is 2. The highest BCUT2D eigenvalue weighted by atomic mass is 16.4. The minimum atomic E-state index is -0.658. The van der Waals surface area contributed by atoms with Gasteiger partial charge >= 0.3 is 5.97 Å². The van der Waals surface area contributed by atoms with Crippen molar-refractivity contribution < 1.29 is 14.7 Å².